The molecule has 0 bridgehead atoms. The average molecular weight is 224 g/mol. The number of carbonyl (C=O) groups excluding carboxylic acids is 1. The molecule has 4 N–H and O–H groups in total. The first kappa shape index (κ1) is 10.5. The van der Waals surface area contributed by atoms with Crippen LogP contribution in [0.25, 0.3) is 0 Å². The number of anilines is 1. The third-order valence-corrected chi connectivity index (χ3v) is 3.23. The lowest BCUT2D eigenvalue weighted by atomic mass is 10.1. The predicted molar refractivity (Wildman–Crippen MR) is 59.8 cm³/mol. The van der Waals surface area contributed by atoms with E-state index in [1.54, 1.807) is 11.8 Å². The van der Waals surface area contributed by atoms with Gasteiger partial charge in [0.1, 0.15) is 6.04 Å². The van der Waals surface area contributed by atoms with Crippen LogP contribution in [0.2, 0.25) is 0 Å². The molecule has 1 aromatic carbocycles. The zero-order chi connectivity index (χ0) is 10.8. The van der Waals surface area contributed by atoms with E-state index in [1.807, 2.05) is 18.2 Å². The number of nitrogens with two attached hydrogens (primary N) is 1. The van der Waals surface area contributed by atoms with Crippen molar-refractivity contribution in [1.29, 1.82) is 0 Å². The van der Waals surface area contributed by atoms with Gasteiger partial charge in [0.15, 0.2) is 0 Å². The molecule has 15 heavy (non-hydrogen) atoms. The van der Waals surface area contributed by atoms with Crippen LogP contribution in [0.15, 0.2) is 23.1 Å². The molecular formula is C10H12N2O2S. The number of thioether (sulfide) groups is 1. The molecule has 0 aromatic heterocycles. The highest BCUT2D eigenvalue weighted by Gasteiger charge is 2.26. The van der Waals surface area contributed by atoms with E-state index in [9.17, 15) is 4.79 Å². The van der Waals surface area contributed by atoms with Gasteiger partial charge in [-0.2, -0.15) is 0 Å². The van der Waals surface area contributed by atoms with Crippen LogP contribution in [0.5, 0.6) is 0 Å². The molecule has 1 amide bonds. The number of rotatable bonds is 3. The molecule has 80 valence electrons. The molecule has 0 radical (unpaired) electrons. The van der Waals surface area contributed by atoms with Crippen molar-refractivity contribution in [3.63, 3.8) is 0 Å². The van der Waals surface area contributed by atoms with Gasteiger partial charge in [0.2, 0.25) is 5.91 Å². The fourth-order valence-corrected chi connectivity index (χ4v) is 2.21. The number of carbonyl (C=O) groups is 1. The fourth-order valence-electron chi connectivity index (χ4n) is 1.52. The Balaban J connectivity index is 2.22. The van der Waals surface area contributed by atoms with Crippen LogP contribution in [0, 0.1) is 0 Å². The van der Waals surface area contributed by atoms with Gasteiger partial charge in [0.05, 0.1) is 6.61 Å². The van der Waals surface area contributed by atoms with E-state index in [0.29, 0.717) is 5.75 Å². The minimum absolute atomic E-state index is 0.146. The van der Waals surface area contributed by atoms with Gasteiger partial charge in [0.25, 0.3) is 0 Å². The minimum Gasteiger partial charge on any atom is -0.396 e. The van der Waals surface area contributed by atoms with Gasteiger partial charge in [-0.05, 0) is 12.1 Å². The summed E-state index contributed by atoms with van der Waals surface area (Å²) in [5, 5.41) is 11.4. The van der Waals surface area contributed by atoms with Crippen LogP contribution >= 0.6 is 11.8 Å². The first-order valence-corrected chi connectivity index (χ1v) is 5.65. The van der Waals surface area contributed by atoms with Gasteiger partial charge in [-0.3, -0.25) is 4.79 Å². The van der Waals surface area contributed by atoms with E-state index >= 15 is 0 Å². The average Bonchev–Trinajstić information content (AvgIpc) is 2.52. The van der Waals surface area contributed by atoms with Gasteiger partial charge in [-0.25, -0.2) is 0 Å². The molecule has 1 aliphatic rings. The summed E-state index contributed by atoms with van der Waals surface area (Å²) in [7, 11) is 0. The van der Waals surface area contributed by atoms with Crippen LogP contribution in [0.1, 0.15) is 11.6 Å². The molecule has 0 spiro atoms. The fraction of sp³-hybridized carbons (Fsp3) is 0.300. The monoisotopic (exact) mass is 224 g/mol. The van der Waals surface area contributed by atoms with Crippen molar-refractivity contribution in [2.45, 2.75) is 10.9 Å². The highest BCUT2D eigenvalue weighted by atomic mass is 32.2. The van der Waals surface area contributed by atoms with E-state index < -0.39 is 6.04 Å². The number of hydrogen-bond acceptors (Lipinski definition) is 4. The molecule has 5 heteroatoms. The third kappa shape index (κ3) is 1.99. The maximum absolute atomic E-state index is 11.3. The summed E-state index contributed by atoms with van der Waals surface area (Å²) >= 11 is 1.55. The largest absolute Gasteiger partial charge is 0.396 e. The standard InChI is InChI=1S/C10H12N2O2S/c11-9-7-2-1-6(15-4-3-13)5-8(7)12-10(9)14/h1-2,5,9,13H,3-4,11H2,(H,12,14). The topological polar surface area (TPSA) is 75.4 Å². The van der Waals surface area contributed by atoms with Crippen molar-refractivity contribution in [3.8, 4) is 0 Å². The number of aliphatic hydroxyl groups is 1. The summed E-state index contributed by atoms with van der Waals surface area (Å²) < 4.78 is 0. The molecule has 0 saturated carbocycles. The minimum atomic E-state index is -0.545. The van der Waals surface area contributed by atoms with Crippen molar-refractivity contribution in [3.05, 3.63) is 23.8 Å². The Kier molecular flexibility index (Phi) is 2.95. The maximum atomic E-state index is 11.3. The number of benzene rings is 1. The normalized spacial score (nSPS) is 18.8. The summed E-state index contributed by atoms with van der Waals surface area (Å²) in [4.78, 5) is 12.3. The van der Waals surface area contributed by atoms with E-state index in [4.69, 9.17) is 10.8 Å². The summed E-state index contributed by atoms with van der Waals surface area (Å²) in [6, 6.07) is 5.12. The summed E-state index contributed by atoms with van der Waals surface area (Å²) in [6.45, 7) is 0.146. The van der Waals surface area contributed by atoms with E-state index in [0.717, 1.165) is 16.1 Å². The molecule has 1 atom stereocenters. The Morgan fingerprint density at radius 2 is 2.33 bits per heavy atom. The van der Waals surface area contributed by atoms with Gasteiger partial charge < -0.3 is 16.2 Å². The molecule has 4 nitrogen and oxygen atoms in total. The predicted octanol–water partition coefficient (Wildman–Crippen LogP) is 0.723. The Bertz CT molecular complexity index is 395. The molecule has 0 saturated heterocycles. The molecule has 1 aliphatic heterocycles. The van der Waals surface area contributed by atoms with Crippen LogP contribution in [-0.2, 0) is 4.79 Å². The summed E-state index contributed by atoms with van der Waals surface area (Å²) in [6.07, 6.45) is 0. The molecule has 0 fully saturated rings. The van der Waals surface area contributed by atoms with Crippen molar-refractivity contribution < 1.29 is 9.90 Å². The highest BCUT2D eigenvalue weighted by Crippen LogP contribution is 2.32. The Morgan fingerprint density at radius 3 is 3.07 bits per heavy atom. The van der Waals surface area contributed by atoms with Crippen LogP contribution in [0.4, 0.5) is 5.69 Å². The zero-order valence-electron chi connectivity index (χ0n) is 8.06. The van der Waals surface area contributed by atoms with Crippen molar-refractivity contribution in [1.82, 2.24) is 0 Å². The number of hydrogen-bond donors (Lipinski definition) is 3. The molecule has 1 unspecified atom stereocenters. The lowest BCUT2D eigenvalue weighted by molar-refractivity contribution is -0.116. The zero-order valence-corrected chi connectivity index (χ0v) is 8.88. The summed E-state index contributed by atoms with van der Waals surface area (Å²) in [5.41, 5.74) is 7.31. The Labute approximate surface area is 91.9 Å². The van der Waals surface area contributed by atoms with Gasteiger partial charge in [-0.1, -0.05) is 6.07 Å². The highest BCUT2D eigenvalue weighted by molar-refractivity contribution is 7.99. The van der Waals surface area contributed by atoms with Crippen molar-refractivity contribution in [2.75, 3.05) is 17.7 Å². The van der Waals surface area contributed by atoms with Crippen LogP contribution in [-0.4, -0.2) is 23.4 Å². The molecule has 2 rings (SSSR count). The van der Waals surface area contributed by atoms with Crippen molar-refractivity contribution in [2.24, 2.45) is 5.73 Å². The third-order valence-electron chi connectivity index (χ3n) is 2.26. The second-order valence-electron chi connectivity index (χ2n) is 3.29. The van der Waals surface area contributed by atoms with E-state index in [1.165, 1.54) is 0 Å². The van der Waals surface area contributed by atoms with Gasteiger partial charge in [-0.15, -0.1) is 11.8 Å². The van der Waals surface area contributed by atoms with Crippen LogP contribution < -0.4 is 11.1 Å². The van der Waals surface area contributed by atoms with Gasteiger partial charge in [0, 0.05) is 21.9 Å². The SMILES string of the molecule is NC1C(=O)Nc2cc(SCCO)ccc21. The maximum Gasteiger partial charge on any atom is 0.245 e. The lowest BCUT2D eigenvalue weighted by Crippen LogP contribution is -2.19. The van der Waals surface area contributed by atoms with E-state index in [2.05, 4.69) is 5.32 Å². The number of aliphatic hydroxyl groups excluding tert-OH is 1. The summed E-state index contributed by atoms with van der Waals surface area (Å²) in [5.74, 6) is 0.494. The second kappa shape index (κ2) is 4.22. The number of fused-ring (bicyclic) bond motifs is 1. The molecule has 1 aromatic rings. The van der Waals surface area contributed by atoms with Crippen molar-refractivity contribution >= 4 is 23.4 Å². The first-order chi connectivity index (χ1) is 7.22. The Morgan fingerprint density at radius 1 is 1.53 bits per heavy atom. The second-order valence-corrected chi connectivity index (χ2v) is 4.46. The molecule has 0 aliphatic carbocycles. The quantitative estimate of drug-likeness (QED) is 0.661. The van der Waals surface area contributed by atoms with E-state index in [-0.39, 0.29) is 12.5 Å². The van der Waals surface area contributed by atoms with Gasteiger partial charge >= 0.3 is 0 Å². The molecule has 1 heterocycles. The smallest absolute Gasteiger partial charge is 0.245 e. The first-order valence-electron chi connectivity index (χ1n) is 4.66. The van der Waals surface area contributed by atoms with Crippen LogP contribution in [0.3, 0.4) is 0 Å². The number of amides is 1. The number of nitrogens with one attached hydrogen (secondary N) is 1. The lowest BCUT2D eigenvalue weighted by Gasteiger charge is -2.04. The Hall–Kier alpha value is -1.04. The molecular weight excluding hydrogens is 212 g/mol.